The second-order valence-electron chi connectivity index (χ2n) is 6.53. The molecule has 4 N–H and O–H groups in total. The highest BCUT2D eigenvalue weighted by atomic mass is 16.3. The molecule has 2 aromatic rings. The maximum atomic E-state index is 12.5. The van der Waals surface area contributed by atoms with Crippen molar-refractivity contribution in [3.05, 3.63) is 71.8 Å². The van der Waals surface area contributed by atoms with E-state index in [4.69, 9.17) is 5.11 Å². The zero-order valence-corrected chi connectivity index (χ0v) is 15.0. The molecule has 1 aliphatic heterocycles. The van der Waals surface area contributed by atoms with Crippen LogP contribution in [0.1, 0.15) is 29.3 Å². The minimum atomic E-state index is -1.74. The van der Waals surface area contributed by atoms with Crippen LogP contribution in [0.2, 0.25) is 0 Å². The molecule has 0 unspecified atom stereocenters. The van der Waals surface area contributed by atoms with Crippen molar-refractivity contribution in [2.24, 2.45) is 5.92 Å². The second kappa shape index (κ2) is 7.73. The van der Waals surface area contributed by atoms with Gasteiger partial charge in [-0.2, -0.15) is 0 Å². The van der Waals surface area contributed by atoms with Gasteiger partial charge in [-0.3, -0.25) is 9.59 Å². The smallest absolute Gasteiger partial charge is 0.261 e. The first-order valence-electron chi connectivity index (χ1n) is 8.79. The molecule has 0 saturated carbocycles. The number of hydrogen-bond acceptors (Lipinski definition) is 4. The normalized spacial score (nSPS) is 19.6. The van der Waals surface area contributed by atoms with Crippen LogP contribution in [0, 0.1) is 5.92 Å². The van der Waals surface area contributed by atoms with Gasteiger partial charge in [0.25, 0.3) is 11.8 Å². The number of nitrogens with one attached hydrogen (secondary N) is 2. The summed E-state index contributed by atoms with van der Waals surface area (Å²) < 4.78 is 0. The largest absolute Gasteiger partial charge is 0.396 e. The van der Waals surface area contributed by atoms with E-state index in [1.807, 2.05) is 6.07 Å². The zero-order chi connectivity index (χ0) is 19.4. The van der Waals surface area contributed by atoms with E-state index in [0.29, 0.717) is 28.9 Å². The summed E-state index contributed by atoms with van der Waals surface area (Å²) in [4.78, 5) is 24.8. The molecule has 6 nitrogen and oxygen atoms in total. The average Bonchev–Trinajstić information content (AvgIpc) is 2.94. The summed E-state index contributed by atoms with van der Waals surface area (Å²) in [7, 11) is 0. The van der Waals surface area contributed by atoms with E-state index >= 15 is 0 Å². The second-order valence-corrected chi connectivity index (χ2v) is 6.53. The van der Waals surface area contributed by atoms with Crippen LogP contribution in [0.4, 0.5) is 11.4 Å². The number of carbonyl (C=O) groups excluding carboxylic acids is 2. The van der Waals surface area contributed by atoms with Gasteiger partial charge in [-0.1, -0.05) is 37.3 Å². The first-order valence-corrected chi connectivity index (χ1v) is 8.79. The molecule has 0 saturated heterocycles. The van der Waals surface area contributed by atoms with Gasteiger partial charge in [0.05, 0.1) is 0 Å². The minimum Gasteiger partial charge on any atom is -0.396 e. The molecule has 0 aromatic heterocycles. The fraction of sp³-hybridized carbons (Fsp3) is 0.238. The Bertz CT molecular complexity index is 879. The van der Waals surface area contributed by atoms with Crippen molar-refractivity contribution >= 4 is 23.2 Å². The Labute approximate surface area is 157 Å². The lowest BCUT2D eigenvalue weighted by molar-refractivity contribution is -0.137. The van der Waals surface area contributed by atoms with Crippen molar-refractivity contribution < 1.29 is 19.8 Å². The summed E-state index contributed by atoms with van der Waals surface area (Å²) >= 11 is 0. The average molecular weight is 366 g/mol. The van der Waals surface area contributed by atoms with Gasteiger partial charge in [0.2, 0.25) is 0 Å². The van der Waals surface area contributed by atoms with Crippen molar-refractivity contribution in [2.75, 3.05) is 17.2 Å². The lowest BCUT2D eigenvalue weighted by Gasteiger charge is -2.26. The van der Waals surface area contributed by atoms with Crippen molar-refractivity contribution in [3.8, 4) is 0 Å². The number of hydrogen-bond donors (Lipinski definition) is 4. The SMILES string of the molecule is C[C@@H](/C=C/CCO)[C@]1(O)C(=O)Nc2ccc(NC(=O)c3ccccc3)cc21. The van der Waals surface area contributed by atoms with Gasteiger partial charge in [0, 0.05) is 35.0 Å². The van der Waals surface area contributed by atoms with Crippen molar-refractivity contribution in [2.45, 2.75) is 18.9 Å². The summed E-state index contributed by atoms with van der Waals surface area (Å²) in [6, 6.07) is 13.8. The van der Waals surface area contributed by atoms with E-state index in [1.165, 1.54) is 0 Å². The number of aliphatic hydroxyl groups excluding tert-OH is 1. The first-order chi connectivity index (χ1) is 13.0. The number of carbonyl (C=O) groups is 2. The Balaban J connectivity index is 1.88. The van der Waals surface area contributed by atoms with Crippen molar-refractivity contribution in [1.82, 2.24) is 0 Å². The molecule has 0 spiro atoms. The number of fused-ring (bicyclic) bond motifs is 1. The number of aliphatic hydroxyl groups is 2. The van der Waals surface area contributed by atoms with E-state index in [1.54, 1.807) is 61.5 Å². The van der Waals surface area contributed by atoms with Gasteiger partial charge in [-0.05, 0) is 36.8 Å². The third kappa shape index (κ3) is 3.63. The lowest BCUT2D eigenvalue weighted by Crippen LogP contribution is -2.39. The molecular formula is C21H22N2O4. The predicted molar refractivity (Wildman–Crippen MR) is 103 cm³/mol. The van der Waals surface area contributed by atoms with Crippen LogP contribution < -0.4 is 10.6 Å². The molecule has 2 amide bonds. The molecule has 6 heteroatoms. The van der Waals surface area contributed by atoms with Gasteiger partial charge in [-0.15, -0.1) is 0 Å². The van der Waals surface area contributed by atoms with Gasteiger partial charge in [-0.25, -0.2) is 0 Å². The van der Waals surface area contributed by atoms with Gasteiger partial charge < -0.3 is 20.8 Å². The summed E-state index contributed by atoms with van der Waals surface area (Å²) in [5, 5.41) is 25.5. The van der Waals surface area contributed by atoms with E-state index < -0.39 is 17.4 Å². The zero-order valence-electron chi connectivity index (χ0n) is 15.0. The Hall–Kier alpha value is -2.96. The number of anilines is 2. The topological polar surface area (TPSA) is 98.7 Å². The fourth-order valence-corrected chi connectivity index (χ4v) is 3.15. The highest BCUT2D eigenvalue weighted by Gasteiger charge is 2.48. The minimum absolute atomic E-state index is 0.0000969. The standard InChI is InChI=1S/C21H22N2O4/c1-14(7-5-6-12-24)21(27)17-13-16(10-11-18(17)23-20(21)26)22-19(25)15-8-3-2-4-9-15/h2-5,7-11,13-14,24,27H,6,12H2,1H3,(H,22,25)(H,23,26)/b7-5+/t14-,21+/m0/s1. The highest BCUT2D eigenvalue weighted by Crippen LogP contribution is 2.42. The van der Waals surface area contributed by atoms with E-state index in [9.17, 15) is 14.7 Å². The van der Waals surface area contributed by atoms with E-state index in [0.717, 1.165) is 0 Å². The Morgan fingerprint density at radius 1 is 1.26 bits per heavy atom. The molecule has 0 fully saturated rings. The van der Waals surface area contributed by atoms with E-state index in [2.05, 4.69) is 10.6 Å². The van der Waals surface area contributed by atoms with Crippen LogP contribution in [0.25, 0.3) is 0 Å². The quantitative estimate of drug-likeness (QED) is 0.591. The number of benzene rings is 2. The highest BCUT2D eigenvalue weighted by molar-refractivity contribution is 6.07. The summed E-state index contributed by atoms with van der Waals surface area (Å²) in [5.74, 6) is -1.29. The molecule has 1 aliphatic rings. The van der Waals surface area contributed by atoms with Crippen molar-refractivity contribution in [1.29, 1.82) is 0 Å². The maximum absolute atomic E-state index is 12.5. The lowest BCUT2D eigenvalue weighted by atomic mass is 9.82. The predicted octanol–water partition coefficient (Wildman–Crippen LogP) is 2.65. The molecule has 1 heterocycles. The fourth-order valence-electron chi connectivity index (χ4n) is 3.15. The molecule has 0 aliphatic carbocycles. The van der Waals surface area contributed by atoms with Gasteiger partial charge in [0.15, 0.2) is 5.60 Å². The van der Waals surface area contributed by atoms with Crippen LogP contribution in [-0.2, 0) is 10.4 Å². The molecule has 0 radical (unpaired) electrons. The Kier molecular flexibility index (Phi) is 5.39. The van der Waals surface area contributed by atoms with Crippen molar-refractivity contribution in [3.63, 3.8) is 0 Å². The molecule has 2 aromatic carbocycles. The molecular weight excluding hydrogens is 344 g/mol. The number of rotatable bonds is 6. The molecule has 3 rings (SSSR count). The van der Waals surface area contributed by atoms with Gasteiger partial charge >= 0.3 is 0 Å². The Morgan fingerprint density at radius 3 is 2.70 bits per heavy atom. The maximum Gasteiger partial charge on any atom is 0.261 e. The Morgan fingerprint density at radius 2 is 2.00 bits per heavy atom. The molecule has 140 valence electrons. The van der Waals surface area contributed by atoms with Crippen LogP contribution >= 0.6 is 0 Å². The monoisotopic (exact) mass is 366 g/mol. The van der Waals surface area contributed by atoms with Gasteiger partial charge in [0.1, 0.15) is 0 Å². The van der Waals surface area contributed by atoms with Crippen LogP contribution in [0.15, 0.2) is 60.7 Å². The van der Waals surface area contributed by atoms with E-state index in [-0.39, 0.29) is 12.5 Å². The summed E-state index contributed by atoms with van der Waals surface area (Å²) in [5.41, 5.74) is 0.198. The van der Waals surface area contributed by atoms with Crippen LogP contribution in [-0.4, -0.2) is 28.6 Å². The summed E-state index contributed by atoms with van der Waals surface area (Å²) in [6.45, 7) is 1.73. The van der Waals surface area contributed by atoms with Crippen LogP contribution in [0.3, 0.4) is 0 Å². The first kappa shape index (κ1) is 18.8. The molecule has 0 bridgehead atoms. The third-order valence-electron chi connectivity index (χ3n) is 4.70. The number of amides is 2. The summed E-state index contributed by atoms with van der Waals surface area (Å²) in [6.07, 6.45) is 3.89. The molecule has 27 heavy (non-hydrogen) atoms. The third-order valence-corrected chi connectivity index (χ3v) is 4.70. The molecule has 2 atom stereocenters. The van der Waals surface area contributed by atoms with Crippen LogP contribution in [0.5, 0.6) is 0 Å².